The van der Waals surface area contributed by atoms with Crippen LogP contribution < -0.4 is 43.4 Å². The minimum atomic E-state index is -1.32. The lowest BCUT2D eigenvalue weighted by molar-refractivity contribution is -0.134. The molecule has 11 N–H and O–H groups in total. The van der Waals surface area contributed by atoms with Gasteiger partial charge in [-0.15, -0.1) is 0 Å². The Morgan fingerprint density at radius 1 is 0.783 bits per heavy atom. The molecule has 60 heavy (non-hydrogen) atoms. The summed E-state index contributed by atoms with van der Waals surface area (Å²) in [5, 5.41) is 18.6. The molecular weight excluding hydrogens is 774 g/mol. The van der Waals surface area contributed by atoms with Gasteiger partial charge in [0.15, 0.2) is 5.96 Å². The second kappa shape index (κ2) is 22.3. The van der Waals surface area contributed by atoms with Crippen LogP contribution in [0.4, 0.5) is 4.39 Å². The number of guanidine groups is 1. The van der Waals surface area contributed by atoms with Crippen LogP contribution in [0, 0.1) is 5.82 Å². The fourth-order valence-corrected chi connectivity index (χ4v) is 6.71. The Kier molecular flexibility index (Phi) is 16.5. The first-order valence-electron chi connectivity index (χ1n) is 19.9. The van der Waals surface area contributed by atoms with Gasteiger partial charge in [-0.1, -0.05) is 54.6 Å². The third-order valence-corrected chi connectivity index (χ3v) is 9.89. The number of rotatable bonds is 11. The zero-order chi connectivity index (χ0) is 42.9. The Morgan fingerprint density at radius 2 is 1.45 bits per heavy atom. The van der Waals surface area contributed by atoms with Crippen molar-refractivity contribution in [3.8, 4) is 0 Å². The van der Waals surface area contributed by atoms with E-state index in [9.17, 15) is 33.2 Å². The smallest absolute Gasteiger partial charge is 0.243 e. The number of amides is 6. The molecule has 0 radical (unpaired) electrons. The standard InChI is InChI=1S/C42H52FN11O6/c43-30-13-10-26(11-14-30)21-34-40(59)52-32(8-5-19-49-42(44)45)38(57)48-18-4-3-17-47-36(55)16-15-33(39(58)54-35(41(60)53-34)23-31-24-46-25-50-31)51-37(56)22-27-9-12-28-6-1-2-7-29(28)20-27/h1-2,6-7,9-14,20,24-25,32-35H,3-5,8,15-19,21-23H2,(H,46,50)(H,47,55)(H,48,57)(H,51,56)(H,52,59)(H,53,60)(H,54,58)(H4,44,45,49)/t32-,33-,34+,35-/m0/s1. The van der Waals surface area contributed by atoms with Gasteiger partial charge in [0.25, 0.3) is 0 Å². The number of halogens is 1. The fraction of sp³-hybridized carbons (Fsp3) is 0.381. The zero-order valence-corrected chi connectivity index (χ0v) is 33.2. The number of fused-ring (bicyclic) bond motifs is 1. The highest BCUT2D eigenvalue weighted by atomic mass is 19.1. The lowest BCUT2D eigenvalue weighted by Crippen LogP contribution is -2.59. The Bertz CT molecular complexity index is 2130. The SMILES string of the molecule is NC(N)=NCCC[C@@H]1NC(=O)[C@@H](Cc2ccc(F)cc2)NC(=O)[C@H](Cc2cnc[nH]2)NC(=O)[C@@H](NC(=O)Cc2ccc3ccccc3c2)CCC(=O)NCCCCNC1=O. The summed E-state index contributed by atoms with van der Waals surface area (Å²) in [6.45, 7) is 0.721. The number of hydrogen-bond acceptors (Lipinski definition) is 8. The molecule has 5 rings (SSSR count). The lowest BCUT2D eigenvalue weighted by atomic mass is 10.0. The number of H-pyrrole nitrogens is 1. The van der Waals surface area contributed by atoms with E-state index in [1.807, 2.05) is 42.5 Å². The molecule has 3 aromatic carbocycles. The number of aromatic nitrogens is 2. The number of carbonyl (C=O) groups is 6. The monoisotopic (exact) mass is 825 g/mol. The first kappa shape index (κ1) is 44.3. The fourth-order valence-electron chi connectivity index (χ4n) is 6.71. The second-order valence-corrected chi connectivity index (χ2v) is 14.6. The van der Waals surface area contributed by atoms with Crippen LogP contribution in [0.15, 0.2) is 84.2 Å². The van der Waals surface area contributed by atoms with Gasteiger partial charge in [0, 0.05) is 50.8 Å². The van der Waals surface area contributed by atoms with E-state index in [2.05, 4.69) is 46.9 Å². The maximum Gasteiger partial charge on any atom is 0.243 e. The summed E-state index contributed by atoms with van der Waals surface area (Å²) in [6, 6.07) is 13.8. The van der Waals surface area contributed by atoms with Crippen LogP contribution in [-0.4, -0.2) is 95.2 Å². The van der Waals surface area contributed by atoms with Crippen molar-refractivity contribution in [1.29, 1.82) is 0 Å². The number of benzene rings is 3. The number of nitrogens with two attached hydrogens (primary N) is 2. The molecule has 4 atom stereocenters. The highest BCUT2D eigenvalue weighted by molar-refractivity contribution is 5.96. The van der Waals surface area contributed by atoms with Crippen molar-refractivity contribution < 1.29 is 33.2 Å². The predicted molar refractivity (Wildman–Crippen MR) is 222 cm³/mol. The third-order valence-electron chi connectivity index (χ3n) is 9.89. The Balaban J connectivity index is 1.42. The summed E-state index contributed by atoms with van der Waals surface area (Å²) in [5.74, 6) is -4.15. The maximum absolute atomic E-state index is 14.2. The van der Waals surface area contributed by atoms with Gasteiger partial charge in [-0.25, -0.2) is 9.37 Å². The van der Waals surface area contributed by atoms with Crippen molar-refractivity contribution >= 4 is 52.2 Å². The van der Waals surface area contributed by atoms with E-state index in [4.69, 9.17) is 11.5 Å². The average molecular weight is 826 g/mol. The van der Waals surface area contributed by atoms with Gasteiger partial charge in [-0.2, -0.15) is 0 Å². The molecule has 1 aliphatic heterocycles. The first-order chi connectivity index (χ1) is 28.9. The molecular formula is C42H52FN11O6. The number of nitrogens with zero attached hydrogens (tertiary/aromatic N) is 2. The van der Waals surface area contributed by atoms with Crippen LogP contribution in [0.5, 0.6) is 0 Å². The lowest BCUT2D eigenvalue weighted by Gasteiger charge is -2.27. The molecule has 4 aromatic rings. The first-order valence-corrected chi connectivity index (χ1v) is 19.9. The van der Waals surface area contributed by atoms with E-state index in [0.717, 1.165) is 10.8 Å². The van der Waals surface area contributed by atoms with Crippen LogP contribution in [0.1, 0.15) is 55.3 Å². The Morgan fingerprint density at radius 3 is 2.17 bits per heavy atom. The molecule has 17 nitrogen and oxygen atoms in total. The van der Waals surface area contributed by atoms with Crippen LogP contribution in [0.3, 0.4) is 0 Å². The van der Waals surface area contributed by atoms with Crippen molar-refractivity contribution in [2.24, 2.45) is 16.5 Å². The van der Waals surface area contributed by atoms with Gasteiger partial charge in [-0.05, 0) is 66.1 Å². The molecule has 1 aliphatic rings. The average Bonchev–Trinajstić information content (AvgIpc) is 3.74. The molecule has 18 heteroatoms. The number of hydrogen-bond donors (Lipinski definition) is 9. The van der Waals surface area contributed by atoms with Crippen molar-refractivity contribution in [3.05, 3.63) is 102 Å². The van der Waals surface area contributed by atoms with Crippen LogP contribution >= 0.6 is 0 Å². The van der Waals surface area contributed by atoms with Gasteiger partial charge < -0.3 is 48.4 Å². The quantitative estimate of drug-likeness (QED) is 0.0579. The van der Waals surface area contributed by atoms with E-state index < -0.39 is 59.5 Å². The summed E-state index contributed by atoms with van der Waals surface area (Å²) >= 11 is 0. The number of aliphatic imine (C=N–C) groups is 1. The van der Waals surface area contributed by atoms with Crippen molar-refractivity contribution in [3.63, 3.8) is 0 Å². The van der Waals surface area contributed by atoms with Crippen molar-refractivity contribution in [2.45, 2.75) is 82.0 Å². The molecule has 2 heterocycles. The zero-order valence-electron chi connectivity index (χ0n) is 33.2. The van der Waals surface area contributed by atoms with Crippen molar-refractivity contribution in [1.82, 2.24) is 41.9 Å². The van der Waals surface area contributed by atoms with Crippen LogP contribution in [0.25, 0.3) is 10.8 Å². The van der Waals surface area contributed by atoms with E-state index in [1.165, 1.54) is 36.8 Å². The van der Waals surface area contributed by atoms with E-state index >= 15 is 0 Å². The van der Waals surface area contributed by atoms with Gasteiger partial charge in [-0.3, -0.25) is 33.8 Å². The molecule has 0 spiro atoms. The van der Waals surface area contributed by atoms with E-state index in [1.54, 1.807) is 0 Å². The number of aromatic amines is 1. The molecule has 1 aromatic heterocycles. The summed E-state index contributed by atoms with van der Waals surface area (Å²) in [7, 11) is 0. The largest absolute Gasteiger partial charge is 0.370 e. The Hall–Kier alpha value is -6.85. The van der Waals surface area contributed by atoms with Gasteiger partial charge in [0.05, 0.1) is 12.7 Å². The normalized spacial score (nSPS) is 20.1. The minimum absolute atomic E-state index is 0.0507. The predicted octanol–water partition coefficient (Wildman–Crippen LogP) is 0.529. The number of imidazole rings is 1. The molecule has 318 valence electrons. The molecule has 1 fully saturated rings. The molecule has 0 saturated carbocycles. The van der Waals surface area contributed by atoms with E-state index in [-0.39, 0.29) is 70.0 Å². The number of nitrogens with one attached hydrogen (secondary N) is 7. The molecule has 0 aliphatic carbocycles. The Labute approximate surface area is 346 Å². The molecule has 6 amide bonds. The summed E-state index contributed by atoms with van der Waals surface area (Å²) in [6.07, 6.45) is 3.90. The summed E-state index contributed by atoms with van der Waals surface area (Å²) in [4.78, 5) is 93.2. The maximum atomic E-state index is 14.2. The van der Waals surface area contributed by atoms with Crippen molar-refractivity contribution in [2.75, 3.05) is 19.6 Å². The summed E-state index contributed by atoms with van der Waals surface area (Å²) < 4.78 is 13.9. The number of carbonyl (C=O) groups excluding carboxylic acids is 6. The minimum Gasteiger partial charge on any atom is -0.370 e. The van der Waals surface area contributed by atoms with Gasteiger partial charge in [0.1, 0.15) is 30.0 Å². The van der Waals surface area contributed by atoms with Gasteiger partial charge in [0.2, 0.25) is 35.4 Å². The highest BCUT2D eigenvalue weighted by Crippen LogP contribution is 2.16. The molecule has 1 saturated heterocycles. The third kappa shape index (κ3) is 14.2. The molecule has 0 bridgehead atoms. The van der Waals surface area contributed by atoms with Gasteiger partial charge >= 0.3 is 0 Å². The topological polar surface area (TPSA) is 268 Å². The van der Waals surface area contributed by atoms with E-state index in [0.29, 0.717) is 36.1 Å². The highest BCUT2D eigenvalue weighted by Gasteiger charge is 2.32. The molecule has 0 unspecified atom stereocenters. The summed E-state index contributed by atoms with van der Waals surface area (Å²) in [5.41, 5.74) is 12.6. The second-order valence-electron chi connectivity index (χ2n) is 14.6. The van der Waals surface area contributed by atoms with Crippen LogP contribution in [-0.2, 0) is 48.0 Å². The van der Waals surface area contributed by atoms with Crippen LogP contribution in [0.2, 0.25) is 0 Å².